The lowest BCUT2D eigenvalue weighted by molar-refractivity contribution is 0.0322. The van der Waals surface area contributed by atoms with Crippen molar-refractivity contribution in [3.8, 4) is 11.5 Å². The second-order valence-corrected chi connectivity index (χ2v) is 7.89. The molecule has 1 unspecified atom stereocenters. The fourth-order valence-electron chi connectivity index (χ4n) is 4.02. The van der Waals surface area contributed by atoms with Crippen LogP contribution in [-0.2, 0) is 11.2 Å². The summed E-state index contributed by atoms with van der Waals surface area (Å²) in [6.07, 6.45) is 0.936. The second-order valence-electron chi connectivity index (χ2n) is 7.89. The number of rotatable bonds is 9. The molecule has 1 fully saturated rings. The van der Waals surface area contributed by atoms with Crippen LogP contribution in [0.5, 0.6) is 11.5 Å². The summed E-state index contributed by atoms with van der Waals surface area (Å²) in [7, 11) is 1.70. The van der Waals surface area contributed by atoms with Gasteiger partial charge in [0.1, 0.15) is 18.1 Å². The first kappa shape index (κ1) is 21.4. The van der Waals surface area contributed by atoms with Crippen LogP contribution in [0.1, 0.15) is 22.6 Å². The number of morpholine rings is 1. The highest BCUT2D eigenvalue weighted by Crippen LogP contribution is 2.30. The minimum Gasteiger partial charge on any atom is -0.497 e. The van der Waals surface area contributed by atoms with Gasteiger partial charge in [-0.2, -0.15) is 0 Å². The van der Waals surface area contributed by atoms with Crippen LogP contribution >= 0.6 is 0 Å². The van der Waals surface area contributed by atoms with E-state index >= 15 is 0 Å². The van der Waals surface area contributed by atoms with Gasteiger partial charge in [0.25, 0.3) is 0 Å². The van der Waals surface area contributed by atoms with E-state index in [9.17, 15) is 0 Å². The molecule has 1 aliphatic heterocycles. The first-order valence-electron chi connectivity index (χ1n) is 11.0. The van der Waals surface area contributed by atoms with E-state index in [1.165, 1.54) is 16.7 Å². The highest BCUT2D eigenvalue weighted by atomic mass is 16.5. The average Bonchev–Trinajstić information content (AvgIpc) is 2.85. The summed E-state index contributed by atoms with van der Waals surface area (Å²) in [6.45, 7) is 5.27. The third-order valence-electron chi connectivity index (χ3n) is 5.86. The average molecular weight is 418 g/mol. The molecule has 4 rings (SSSR count). The van der Waals surface area contributed by atoms with Crippen LogP contribution in [0.15, 0.2) is 78.9 Å². The van der Waals surface area contributed by atoms with Gasteiger partial charge in [-0.15, -0.1) is 0 Å². The van der Waals surface area contributed by atoms with E-state index in [2.05, 4.69) is 71.6 Å². The van der Waals surface area contributed by atoms with E-state index in [0.29, 0.717) is 6.61 Å². The van der Waals surface area contributed by atoms with Crippen molar-refractivity contribution in [2.45, 2.75) is 12.3 Å². The zero-order chi connectivity index (χ0) is 21.3. The van der Waals surface area contributed by atoms with Crippen molar-refractivity contribution < 1.29 is 14.2 Å². The molecule has 0 aromatic heterocycles. The molecule has 0 amide bonds. The Morgan fingerprint density at radius 2 is 1.45 bits per heavy atom. The lowest BCUT2D eigenvalue weighted by atomic mass is 9.86. The predicted molar refractivity (Wildman–Crippen MR) is 124 cm³/mol. The Labute approximate surface area is 185 Å². The van der Waals surface area contributed by atoms with E-state index in [1.54, 1.807) is 7.11 Å². The van der Waals surface area contributed by atoms with Crippen LogP contribution < -0.4 is 9.47 Å². The number of hydrogen-bond acceptors (Lipinski definition) is 4. The molecule has 1 atom stereocenters. The van der Waals surface area contributed by atoms with Crippen molar-refractivity contribution in [2.75, 3.05) is 46.6 Å². The third-order valence-corrected chi connectivity index (χ3v) is 5.86. The number of methoxy groups -OCH3 is 1. The van der Waals surface area contributed by atoms with Gasteiger partial charge in [-0.25, -0.2) is 0 Å². The Morgan fingerprint density at radius 3 is 2.13 bits per heavy atom. The molecular weight excluding hydrogens is 386 g/mol. The standard InChI is InChI=1S/C27H31NO3/c1-29-25-11-7-22(8-12-25)21-27(23-5-3-2-4-6-23)24-9-13-26(14-10-24)31-20-17-28-15-18-30-19-16-28/h2-14,27H,15-21H2,1H3. The van der Waals surface area contributed by atoms with Crippen LogP contribution in [0.2, 0.25) is 0 Å². The fraction of sp³-hybridized carbons (Fsp3) is 0.333. The molecule has 3 aromatic carbocycles. The maximum absolute atomic E-state index is 6.00. The molecule has 4 nitrogen and oxygen atoms in total. The maximum atomic E-state index is 6.00. The molecular formula is C27H31NO3. The van der Waals surface area contributed by atoms with Gasteiger partial charge in [0, 0.05) is 25.6 Å². The minimum absolute atomic E-state index is 0.289. The number of ether oxygens (including phenoxy) is 3. The van der Waals surface area contributed by atoms with E-state index < -0.39 is 0 Å². The summed E-state index contributed by atoms with van der Waals surface area (Å²) in [5.74, 6) is 2.10. The first-order valence-corrected chi connectivity index (χ1v) is 11.0. The molecule has 1 heterocycles. The van der Waals surface area contributed by atoms with Gasteiger partial charge in [0.05, 0.1) is 20.3 Å². The van der Waals surface area contributed by atoms with Crippen LogP contribution in [-0.4, -0.2) is 51.5 Å². The van der Waals surface area contributed by atoms with Crippen molar-refractivity contribution in [1.29, 1.82) is 0 Å². The lowest BCUT2D eigenvalue weighted by Gasteiger charge is -2.26. The van der Waals surface area contributed by atoms with Gasteiger partial charge in [-0.05, 0) is 47.4 Å². The van der Waals surface area contributed by atoms with Crippen molar-refractivity contribution in [3.05, 3.63) is 95.6 Å². The van der Waals surface area contributed by atoms with Gasteiger partial charge in [-0.1, -0.05) is 54.6 Å². The summed E-state index contributed by atoms with van der Waals surface area (Å²) in [5.41, 5.74) is 3.90. The number of benzene rings is 3. The molecule has 162 valence electrons. The monoisotopic (exact) mass is 417 g/mol. The number of nitrogens with zero attached hydrogens (tertiary/aromatic N) is 1. The molecule has 0 spiro atoms. The van der Waals surface area contributed by atoms with Crippen molar-refractivity contribution in [3.63, 3.8) is 0 Å². The molecule has 0 N–H and O–H groups in total. The molecule has 0 bridgehead atoms. The van der Waals surface area contributed by atoms with Crippen LogP contribution in [0, 0.1) is 0 Å². The summed E-state index contributed by atoms with van der Waals surface area (Å²) >= 11 is 0. The quantitative estimate of drug-likeness (QED) is 0.501. The van der Waals surface area contributed by atoms with E-state index in [0.717, 1.165) is 50.8 Å². The topological polar surface area (TPSA) is 30.9 Å². The largest absolute Gasteiger partial charge is 0.497 e. The Morgan fingerprint density at radius 1 is 0.806 bits per heavy atom. The molecule has 31 heavy (non-hydrogen) atoms. The Kier molecular flexibility index (Phi) is 7.59. The van der Waals surface area contributed by atoms with Crippen molar-refractivity contribution in [2.24, 2.45) is 0 Å². The van der Waals surface area contributed by atoms with Crippen LogP contribution in [0.25, 0.3) is 0 Å². The molecule has 4 heteroatoms. The first-order chi connectivity index (χ1) is 15.3. The summed E-state index contributed by atoms with van der Waals surface area (Å²) < 4.78 is 16.7. The van der Waals surface area contributed by atoms with Crippen molar-refractivity contribution >= 4 is 0 Å². The Hall–Kier alpha value is -2.82. The molecule has 3 aromatic rings. The molecule has 0 radical (unpaired) electrons. The normalized spacial score (nSPS) is 15.4. The fourth-order valence-corrected chi connectivity index (χ4v) is 4.02. The lowest BCUT2D eigenvalue weighted by Crippen LogP contribution is -2.38. The van der Waals surface area contributed by atoms with E-state index in [1.807, 2.05) is 12.1 Å². The van der Waals surface area contributed by atoms with Gasteiger partial charge >= 0.3 is 0 Å². The Balaban J connectivity index is 1.43. The summed E-state index contributed by atoms with van der Waals surface area (Å²) in [4.78, 5) is 2.39. The Bertz CT molecular complexity index is 903. The zero-order valence-electron chi connectivity index (χ0n) is 18.2. The van der Waals surface area contributed by atoms with E-state index in [4.69, 9.17) is 14.2 Å². The summed E-state index contributed by atoms with van der Waals surface area (Å²) in [5, 5.41) is 0. The number of hydrogen-bond donors (Lipinski definition) is 0. The predicted octanol–water partition coefficient (Wildman–Crippen LogP) is 4.78. The molecule has 1 saturated heterocycles. The molecule has 1 aliphatic rings. The molecule has 0 saturated carbocycles. The highest BCUT2D eigenvalue weighted by Gasteiger charge is 2.15. The van der Waals surface area contributed by atoms with Gasteiger partial charge in [-0.3, -0.25) is 4.90 Å². The van der Waals surface area contributed by atoms with E-state index in [-0.39, 0.29) is 5.92 Å². The highest BCUT2D eigenvalue weighted by molar-refractivity contribution is 5.38. The SMILES string of the molecule is COc1ccc(CC(c2ccccc2)c2ccc(OCCN3CCOCC3)cc2)cc1. The minimum atomic E-state index is 0.289. The van der Waals surface area contributed by atoms with Gasteiger partial charge < -0.3 is 14.2 Å². The third kappa shape index (κ3) is 6.09. The summed E-state index contributed by atoms with van der Waals surface area (Å²) in [6, 6.07) is 27.7. The molecule has 0 aliphatic carbocycles. The zero-order valence-corrected chi connectivity index (χ0v) is 18.2. The van der Waals surface area contributed by atoms with Gasteiger partial charge in [0.2, 0.25) is 0 Å². The second kappa shape index (κ2) is 11.0. The van der Waals surface area contributed by atoms with Gasteiger partial charge in [0.15, 0.2) is 0 Å². The van der Waals surface area contributed by atoms with Crippen LogP contribution in [0.3, 0.4) is 0 Å². The van der Waals surface area contributed by atoms with Crippen LogP contribution in [0.4, 0.5) is 0 Å². The maximum Gasteiger partial charge on any atom is 0.119 e. The smallest absolute Gasteiger partial charge is 0.119 e. The van der Waals surface area contributed by atoms with Crippen molar-refractivity contribution in [1.82, 2.24) is 4.90 Å².